The first-order chi connectivity index (χ1) is 13.1. The van der Waals surface area contributed by atoms with E-state index in [1.165, 1.54) is 18.1 Å². The van der Waals surface area contributed by atoms with Crippen molar-refractivity contribution in [1.82, 2.24) is 25.3 Å². The molecule has 0 aliphatic carbocycles. The molecule has 0 aliphatic heterocycles. The number of nitrogens with zero attached hydrogens (tertiary/aromatic N) is 3. The van der Waals surface area contributed by atoms with Crippen LogP contribution < -0.4 is 14.8 Å². The SMILES string of the molecule is COc1ccc(CCNC(=O)[C@@H](C)Sc2ncnc3nc[nH]c23)cc1OC. The molecular weight excluding hydrogens is 366 g/mol. The summed E-state index contributed by atoms with van der Waals surface area (Å²) in [6.45, 7) is 2.38. The molecule has 1 aromatic carbocycles. The molecule has 2 N–H and O–H groups in total. The quantitative estimate of drug-likeness (QED) is 0.451. The van der Waals surface area contributed by atoms with Gasteiger partial charge >= 0.3 is 0 Å². The summed E-state index contributed by atoms with van der Waals surface area (Å²) in [7, 11) is 3.21. The number of ether oxygens (including phenoxy) is 2. The number of benzene rings is 1. The van der Waals surface area contributed by atoms with Crippen LogP contribution >= 0.6 is 11.8 Å². The number of imidazole rings is 1. The zero-order valence-electron chi connectivity index (χ0n) is 15.4. The third-order valence-electron chi connectivity index (χ3n) is 4.01. The van der Waals surface area contributed by atoms with Crippen LogP contribution in [0.1, 0.15) is 12.5 Å². The van der Waals surface area contributed by atoms with E-state index in [1.807, 2.05) is 25.1 Å². The van der Waals surface area contributed by atoms with Crippen LogP contribution in [0.3, 0.4) is 0 Å². The standard InChI is InChI=1S/C18H21N5O3S/c1-11(27-18-15-16(21-9-20-15)22-10-23-18)17(24)19-7-6-12-4-5-13(25-2)14(8-12)26-3/h4-5,8-11H,6-7H2,1-3H3,(H,19,24)(H,20,21,22,23)/t11-/m1/s1. The fraction of sp³-hybridized carbons (Fsp3) is 0.333. The van der Waals surface area contributed by atoms with Crippen molar-refractivity contribution in [3.8, 4) is 11.5 Å². The molecule has 27 heavy (non-hydrogen) atoms. The lowest BCUT2D eigenvalue weighted by Gasteiger charge is -2.13. The van der Waals surface area contributed by atoms with Crippen molar-refractivity contribution < 1.29 is 14.3 Å². The van der Waals surface area contributed by atoms with E-state index in [0.717, 1.165) is 11.1 Å². The average molecular weight is 387 g/mol. The molecule has 0 radical (unpaired) electrons. The van der Waals surface area contributed by atoms with Crippen molar-refractivity contribution in [3.05, 3.63) is 36.4 Å². The van der Waals surface area contributed by atoms with E-state index in [0.29, 0.717) is 35.1 Å². The first kappa shape index (κ1) is 19.0. The predicted molar refractivity (Wildman–Crippen MR) is 103 cm³/mol. The Bertz CT molecular complexity index is 930. The molecule has 1 atom stereocenters. The number of H-pyrrole nitrogens is 1. The minimum absolute atomic E-state index is 0.0493. The van der Waals surface area contributed by atoms with Gasteiger partial charge in [0.05, 0.1) is 25.8 Å². The molecule has 0 saturated carbocycles. The topological polar surface area (TPSA) is 102 Å². The zero-order chi connectivity index (χ0) is 19.2. The summed E-state index contributed by atoms with van der Waals surface area (Å²) in [6.07, 6.45) is 3.71. The van der Waals surface area contributed by atoms with Gasteiger partial charge in [-0.25, -0.2) is 15.0 Å². The van der Waals surface area contributed by atoms with E-state index in [2.05, 4.69) is 25.3 Å². The third kappa shape index (κ3) is 4.48. The van der Waals surface area contributed by atoms with Crippen molar-refractivity contribution in [1.29, 1.82) is 0 Å². The molecule has 0 fully saturated rings. The lowest BCUT2D eigenvalue weighted by molar-refractivity contribution is -0.120. The molecule has 2 aromatic heterocycles. The monoisotopic (exact) mass is 387 g/mol. The van der Waals surface area contributed by atoms with Gasteiger partial charge in [-0.15, -0.1) is 0 Å². The molecular formula is C18H21N5O3S. The fourth-order valence-corrected chi connectivity index (χ4v) is 3.46. The molecule has 1 amide bonds. The largest absolute Gasteiger partial charge is 0.493 e. The van der Waals surface area contributed by atoms with Crippen LogP contribution in [0, 0.1) is 0 Å². The second kappa shape index (κ2) is 8.72. The number of hydrogen-bond donors (Lipinski definition) is 2. The van der Waals surface area contributed by atoms with Crippen LogP contribution in [0.4, 0.5) is 0 Å². The second-order valence-electron chi connectivity index (χ2n) is 5.77. The Kier molecular flexibility index (Phi) is 6.12. The van der Waals surface area contributed by atoms with Crippen molar-refractivity contribution in [2.75, 3.05) is 20.8 Å². The number of hydrogen-bond acceptors (Lipinski definition) is 7. The number of carbonyl (C=O) groups excluding carboxylic acids is 1. The summed E-state index contributed by atoms with van der Waals surface area (Å²) in [4.78, 5) is 27.8. The number of rotatable bonds is 8. The smallest absolute Gasteiger partial charge is 0.233 e. The highest BCUT2D eigenvalue weighted by Crippen LogP contribution is 2.28. The first-order valence-corrected chi connectivity index (χ1v) is 9.29. The van der Waals surface area contributed by atoms with Crippen molar-refractivity contribution >= 4 is 28.8 Å². The number of amides is 1. The van der Waals surface area contributed by atoms with E-state index in [1.54, 1.807) is 20.5 Å². The van der Waals surface area contributed by atoms with Gasteiger partial charge in [-0.2, -0.15) is 0 Å². The van der Waals surface area contributed by atoms with Gasteiger partial charge in [0, 0.05) is 6.54 Å². The van der Waals surface area contributed by atoms with Gasteiger partial charge in [0.1, 0.15) is 16.9 Å². The highest BCUT2D eigenvalue weighted by atomic mass is 32.2. The summed E-state index contributed by atoms with van der Waals surface area (Å²) in [5, 5.41) is 3.37. The van der Waals surface area contributed by atoms with Gasteiger partial charge in [-0.1, -0.05) is 17.8 Å². The fourth-order valence-electron chi connectivity index (χ4n) is 2.56. The van der Waals surface area contributed by atoms with E-state index in [4.69, 9.17) is 9.47 Å². The maximum Gasteiger partial charge on any atom is 0.233 e. The Morgan fingerprint density at radius 2 is 2.04 bits per heavy atom. The van der Waals surface area contributed by atoms with Gasteiger partial charge in [-0.05, 0) is 31.0 Å². The Balaban J connectivity index is 1.54. The number of carbonyl (C=O) groups is 1. The third-order valence-corrected chi connectivity index (χ3v) is 5.11. The molecule has 2 heterocycles. The molecule has 9 heteroatoms. The summed E-state index contributed by atoms with van der Waals surface area (Å²) >= 11 is 1.37. The summed E-state index contributed by atoms with van der Waals surface area (Å²) in [6, 6.07) is 5.74. The molecule has 0 unspecified atom stereocenters. The van der Waals surface area contributed by atoms with E-state index < -0.39 is 0 Å². The minimum Gasteiger partial charge on any atom is -0.493 e. The van der Waals surface area contributed by atoms with Crippen LogP contribution in [-0.2, 0) is 11.2 Å². The van der Waals surface area contributed by atoms with Crippen molar-refractivity contribution in [2.45, 2.75) is 23.6 Å². The number of methoxy groups -OCH3 is 2. The molecule has 0 saturated heterocycles. The number of aromatic amines is 1. The number of thioether (sulfide) groups is 1. The molecule has 0 aliphatic rings. The molecule has 0 bridgehead atoms. The van der Waals surface area contributed by atoms with Crippen LogP contribution in [0.5, 0.6) is 11.5 Å². The normalized spacial score (nSPS) is 12.0. The van der Waals surface area contributed by atoms with Gasteiger partial charge in [-0.3, -0.25) is 4.79 Å². The minimum atomic E-state index is -0.295. The van der Waals surface area contributed by atoms with Crippen molar-refractivity contribution in [2.24, 2.45) is 0 Å². The van der Waals surface area contributed by atoms with E-state index >= 15 is 0 Å². The van der Waals surface area contributed by atoms with Crippen LogP contribution in [0.15, 0.2) is 35.9 Å². The molecule has 3 aromatic rings. The van der Waals surface area contributed by atoms with Gasteiger partial charge < -0.3 is 19.8 Å². The second-order valence-corrected chi connectivity index (χ2v) is 7.10. The van der Waals surface area contributed by atoms with Crippen LogP contribution in [0.25, 0.3) is 11.2 Å². The summed E-state index contributed by atoms with van der Waals surface area (Å²) in [5.74, 6) is 1.31. The average Bonchev–Trinajstić information content (AvgIpc) is 3.17. The molecule has 142 valence electrons. The Labute approximate surface area is 161 Å². The Morgan fingerprint density at radius 3 is 2.81 bits per heavy atom. The maximum absolute atomic E-state index is 12.4. The molecule has 3 rings (SSSR count). The van der Waals surface area contributed by atoms with Crippen LogP contribution in [-0.4, -0.2) is 51.9 Å². The number of nitrogens with one attached hydrogen (secondary N) is 2. The van der Waals surface area contributed by atoms with Crippen LogP contribution in [0.2, 0.25) is 0 Å². The van der Waals surface area contributed by atoms with Gasteiger partial charge in [0.15, 0.2) is 17.1 Å². The number of aromatic nitrogens is 4. The lowest BCUT2D eigenvalue weighted by Crippen LogP contribution is -2.32. The Morgan fingerprint density at radius 1 is 1.22 bits per heavy atom. The first-order valence-electron chi connectivity index (χ1n) is 8.41. The van der Waals surface area contributed by atoms with Gasteiger partial charge in [0.25, 0.3) is 0 Å². The lowest BCUT2D eigenvalue weighted by atomic mass is 10.1. The maximum atomic E-state index is 12.4. The number of fused-ring (bicyclic) bond motifs is 1. The molecule has 0 spiro atoms. The highest BCUT2D eigenvalue weighted by Gasteiger charge is 2.17. The summed E-state index contributed by atoms with van der Waals surface area (Å²) in [5.41, 5.74) is 2.39. The summed E-state index contributed by atoms with van der Waals surface area (Å²) < 4.78 is 10.5. The van der Waals surface area contributed by atoms with Gasteiger partial charge in [0.2, 0.25) is 5.91 Å². The van der Waals surface area contributed by atoms with Crippen molar-refractivity contribution in [3.63, 3.8) is 0 Å². The zero-order valence-corrected chi connectivity index (χ0v) is 16.2. The predicted octanol–water partition coefficient (Wildman–Crippen LogP) is 2.21. The van der Waals surface area contributed by atoms with E-state index in [-0.39, 0.29) is 11.2 Å². The Hall–Kier alpha value is -2.81. The van der Waals surface area contributed by atoms with E-state index in [9.17, 15) is 4.79 Å². The molecule has 8 nitrogen and oxygen atoms in total. The highest BCUT2D eigenvalue weighted by molar-refractivity contribution is 8.00.